The van der Waals surface area contributed by atoms with E-state index in [-0.39, 0.29) is 11.7 Å². The molecule has 1 unspecified atom stereocenters. The largest absolute Gasteiger partial charge is 0.416 e. The standard InChI is InChI=1S/C13H15F3O/c1-3-9(2)8-12(17)10-4-6-11(7-5-10)13(14,15)16/h4-7,9H,3,8H2,1-2H3. The van der Waals surface area contributed by atoms with Crippen molar-refractivity contribution in [3.8, 4) is 0 Å². The maximum Gasteiger partial charge on any atom is 0.416 e. The number of hydrogen-bond donors (Lipinski definition) is 0. The topological polar surface area (TPSA) is 17.1 Å². The van der Waals surface area contributed by atoms with E-state index in [1.807, 2.05) is 13.8 Å². The highest BCUT2D eigenvalue weighted by Gasteiger charge is 2.30. The van der Waals surface area contributed by atoms with E-state index in [9.17, 15) is 18.0 Å². The van der Waals surface area contributed by atoms with Crippen LogP contribution >= 0.6 is 0 Å². The average Bonchev–Trinajstić information content (AvgIpc) is 2.27. The molecule has 17 heavy (non-hydrogen) atoms. The number of alkyl halides is 3. The Morgan fingerprint density at radius 3 is 2.18 bits per heavy atom. The van der Waals surface area contributed by atoms with E-state index in [1.165, 1.54) is 12.1 Å². The zero-order valence-electron chi connectivity index (χ0n) is 9.84. The van der Waals surface area contributed by atoms with Crippen LogP contribution in [0.5, 0.6) is 0 Å². The van der Waals surface area contributed by atoms with E-state index in [0.717, 1.165) is 18.6 Å². The van der Waals surface area contributed by atoms with Gasteiger partial charge in [0.15, 0.2) is 5.78 Å². The van der Waals surface area contributed by atoms with Crippen molar-refractivity contribution in [1.82, 2.24) is 0 Å². The molecule has 0 radical (unpaired) electrons. The van der Waals surface area contributed by atoms with Gasteiger partial charge in [-0.3, -0.25) is 4.79 Å². The number of halogens is 3. The molecular weight excluding hydrogens is 229 g/mol. The van der Waals surface area contributed by atoms with Gasteiger partial charge in [0.1, 0.15) is 0 Å². The Morgan fingerprint density at radius 2 is 1.76 bits per heavy atom. The van der Waals surface area contributed by atoms with Crippen LogP contribution in [-0.2, 0) is 6.18 Å². The normalized spacial score (nSPS) is 13.5. The fourth-order valence-corrected chi connectivity index (χ4v) is 1.42. The summed E-state index contributed by atoms with van der Waals surface area (Å²) in [4.78, 5) is 11.7. The van der Waals surface area contributed by atoms with Gasteiger partial charge in [-0.05, 0) is 18.1 Å². The second kappa shape index (κ2) is 5.34. The number of Topliss-reactive ketones (excluding diaryl/α,β-unsaturated/α-hetero) is 1. The third kappa shape index (κ3) is 3.88. The molecule has 0 saturated carbocycles. The summed E-state index contributed by atoms with van der Waals surface area (Å²) < 4.78 is 36.9. The van der Waals surface area contributed by atoms with Crippen LogP contribution in [0.2, 0.25) is 0 Å². The molecule has 1 aromatic carbocycles. The van der Waals surface area contributed by atoms with Crippen LogP contribution in [0.1, 0.15) is 42.6 Å². The van der Waals surface area contributed by atoms with Crippen LogP contribution in [0.4, 0.5) is 13.2 Å². The molecule has 0 fully saturated rings. The van der Waals surface area contributed by atoms with Crippen molar-refractivity contribution in [3.63, 3.8) is 0 Å². The van der Waals surface area contributed by atoms with Crippen LogP contribution < -0.4 is 0 Å². The number of benzene rings is 1. The van der Waals surface area contributed by atoms with Crippen molar-refractivity contribution in [1.29, 1.82) is 0 Å². The van der Waals surface area contributed by atoms with E-state index in [1.54, 1.807) is 0 Å². The van der Waals surface area contributed by atoms with E-state index >= 15 is 0 Å². The minimum Gasteiger partial charge on any atom is -0.294 e. The fourth-order valence-electron chi connectivity index (χ4n) is 1.42. The summed E-state index contributed by atoms with van der Waals surface area (Å²) in [6.45, 7) is 3.92. The van der Waals surface area contributed by atoms with Gasteiger partial charge >= 0.3 is 6.18 Å². The van der Waals surface area contributed by atoms with Gasteiger partial charge < -0.3 is 0 Å². The Bertz CT molecular complexity index is 379. The number of carbonyl (C=O) groups excluding carboxylic acids is 1. The second-order valence-corrected chi connectivity index (χ2v) is 4.22. The molecular formula is C13H15F3O. The van der Waals surface area contributed by atoms with Gasteiger partial charge in [0.05, 0.1) is 5.56 Å². The lowest BCUT2D eigenvalue weighted by Gasteiger charge is -2.09. The summed E-state index contributed by atoms with van der Waals surface area (Å²) in [6.07, 6.45) is -3.09. The molecule has 0 aliphatic heterocycles. The van der Waals surface area contributed by atoms with E-state index in [4.69, 9.17) is 0 Å². The third-order valence-electron chi connectivity index (χ3n) is 2.76. The summed E-state index contributed by atoms with van der Waals surface area (Å²) in [7, 11) is 0. The predicted octanol–water partition coefficient (Wildman–Crippen LogP) is 4.32. The highest BCUT2D eigenvalue weighted by Crippen LogP contribution is 2.29. The summed E-state index contributed by atoms with van der Waals surface area (Å²) in [5, 5.41) is 0. The first-order valence-corrected chi connectivity index (χ1v) is 5.55. The van der Waals surface area contributed by atoms with Crippen molar-refractivity contribution >= 4 is 5.78 Å². The molecule has 1 rings (SSSR count). The zero-order chi connectivity index (χ0) is 13.1. The number of ketones is 1. The minimum absolute atomic E-state index is 0.104. The molecule has 1 nitrogen and oxygen atoms in total. The molecule has 0 saturated heterocycles. The van der Waals surface area contributed by atoms with Crippen LogP contribution in [0, 0.1) is 5.92 Å². The molecule has 1 atom stereocenters. The predicted molar refractivity (Wildman–Crippen MR) is 59.8 cm³/mol. The third-order valence-corrected chi connectivity index (χ3v) is 2.76. The fraction of sp³-hybridized carbons (Fsp3) is 0.462. The van der Waals surface area contributed by atoms with Crippen LogP contribution in [0.25, 0.3) is 0 Å². The number of rotatable bonds is 4. The Morgan fingerprint density at radius 1 is 1.24 bits per heavy atom. The summed E-state index contributed by atoms with van der Waals surface area (Å²) in [6, 6.07) is 4.38. The molecule has 4 heteroatoms. The molecule has 94 valence electrons. The van der Waals surface area contributed by atoms with Crippen LogP contribution in [-0.4, -0.2) is 5.78 Å². The summed E-state index contributed by atoms with van der Waals surface area (Å²) in [5.74, 6) is 0.151. The highest BCUT2D eigenvalue weighted by molar-refractivity contribution is 5.96. The maximum absolute atomic E-state index is 12.3. The smallest absolute Gasteiger partial charge is 0.294 e. The van der Waals surface area contributed by atoms with Gasteiger partial charge in [0.2, 0.25) is 0 Å². The molecule has 0 bridgehead atoms. The zero-order valence-corrected chi connectivity index (χ0v) is 9.84. The lowest BCUT2D eigenvalue weighted by Crippen LogP contribution is -2.08. The van der Waals surface area contributed by atoms with Crippen molar-refractivity contribution in [2.45, 2.75) is 32.9 Å². The van der Waals surface area contributed by atoms with Gasteiger partial charge in [-0.2, -0.15) is 13.2 Å². The number of hydrogen-bond acceptors (Lipinski definition) is 1. The second-order valence-electron chi connectivity index (χ2n) is 4.22. The van der Waals surface area contributed by atoms with Crippen LogP contribution in [0.3, 0.4) is 0 Å². The quantitative estimate of drug-likeness (QED) is 0.721. The van der Waals surface area contributed by atoms with E-state index in [2.05, 4.69) is 0 Å². The minimum atomic E-state index is -4.35. The first-order valence-electron chi connectivity index (χ1n) is 5.55. The Labute approximate surface area is 98.6 Å². The first-order chi connectivity index (χ1) is 7.84. The monoisotopic (exact) mass is 244 g/mol. The maximum atomic E-state index is 12.3. The van der Waals surface area contributed by atoms with E-state index < -0.39 is 11.7 Å². The lowest BCUT2D eigenvalue weighted by atomic mass is 9.97. The van der Waals surface area contributed by atoms with Gasteiger partial charge in [-0.1, -0.05) is 32.4 Å². The Hall–Kier alpha value is -1.32. The molecule has 1 aromatic rings. The first kappa shape index (κ1) is 13.7. The van der Waals surface area contributed by atoms with Crippen molar-refractivity contribution in [2.24, 2.45) is 5.92 Å². The van der Waals surface area contributed by atoms with E-state index in [0.29, 0.717) is 12.0 Å². The average molecular weight is 244 g/mol. The molecule has 0 aliphatic rings. The van der Waals surface area contributed by atoms with Crippen molar-refractivity contribution in [2.75, 3.05) is 0 Å². The van der Waals surface area contributed by atoms with Crippen LogP contribution in [0.15, 0.2) is 24.3 Å². The van der Waals surface area contributed by atoms with Gasteiger partial charge in [-0.25, -0.2) is 0 Å². The molecule has 0 spiro atoms. The van der Waals surface area contributed by atoms with Crippen molar-refractivity contribution in [3.05, 3.63) is 35.4 Å². The lowest BCUT2D eigenvalue weighted by molar-refractivity contribution is -0.137. The molecule has 0 heterocycles. The highest BCUT2D eigenvalue weighted by atomic mass is 19.4. The van der Waals surface area contributed by atoms with Crippen molar-refractivity contribution < 1.29 is 18.0 Å². The SMILES string of the molecule is CCC(C)CC(=O)c1ccc(C(F)(F)F)cc1. The summed E-state index contributed by atoms with van der Waals surface area (Å²) >= 11 is 0. The molecule has 0 aliphatic carbocycles. The Balaban J connectivity index is 2.78. The number of carbonyl (C=O) groups is 1. The molecule has 0 amide bonds. The molecule has 0 N–H and O–H groups in total. The molecule has 0 aromatic heterocycles. The Kier molecular flexibility index (Phi) is 4.32. The van der Waals surface area contributed by atoms with Gasteiger partial charge in [-0.15, -0.1) is 0 Å². The summed E-state index contributed by atoms with van der Waals surface area (Å²) in [5.41, 5.74) is -0.379. The van der Waals surface area contributed by atoms with Gasteiger partial charge in [0, 0.05) is 12.0 Å². The van der Waals surface area contributed by atoms with Gasteiger partial charge in [0.25, 0.3) is 0 Å².